The third-order valence-electron chi connectivity index (χ3n) is 4.31. The van der Waals surface area contributed by atoms with E-state index in [0.717, 1.165) is 10.5 Å². The van der Waals surface area contributed by atoms with E-state index in [1.165, 1.54) is 6.92 Å². The van der Waals surface area contributed by atoms with Gasteiger partial charge in [0.25, 0.3) is 5.91 Å². The first-order valence-electron chi connectivity index (χ1n) is 10.7. The Hall–Kier alpha value is -3.54. The molecule has 0 aliphatic heterocycles. The summed E-state index contributed by atoms with van der Waals surface area (Å²) in [4.78, 5) is 50.7. The van der Waals surface area contributed by atoms with Crippen molar-refractivity contribution in [2.75, 3.05) is 13.2 Å². The molecule has 0 heterocycles. The van der Waals surface area contributed by atoms with Crippen LogP contribution in [0, 0.1) is 19.4 Å². The molecule has 0 saturated carbocycles. The molecule has 2 atom stereocenters. The molecule has 33 heavy (non-hydrogen) atoms. The highest BCUT2D eigenvalue weighted by Crippen LogP contribution is 2.22. The molecule has 0 radical (unpaired) electrons. The normalized spacial score (nSPS) is 12.5. The fourth-order valence-electron chi connectivity index (χ4n) is 2.80. The van der Waals surface area contributed by atoms with E-state index in [4.69, 9.17) is 15.9 Å². The molecule has 0 spiro atoms. The number of ether oxygens (including phenoxy) is 2. The highest BCUT2D eigenvalue weighted by Gasteiger charge is 2.34. The van der Waals surface area contributed by atoms with Crippen LogP contribution in [0.2, 0.25) is 0 Å². The first-order chi connectivity index (χ1) is 15.4. The molecule has 9 heteroatoms. The topological polar surface area (TPSA) is 114 Å². The zero-order valence-electron chi connectivity index (χ0n) is 20.1. The Balaban J connectivity index is 3.08. The molecule has 3 amide bonds. The van der Waals surface area contributed by atoms with E-state index in [9.17, 15) is 19.2 Å². The van der Waals surface area contributed by atoms with Gasteiger partial charge >= 0.3 is 12.1 Å². The van der Waals surface area contributed by atoms with Gasteiger partial charge in [0.2, 0.25) is 5.91 Å². The molecule has 2 unspecified atom stereocenters. The number of alkyl carbamates (subject to hydrolysis) is 1. The highest BCUT2D eigenvalue weighted by atomic mass is 16.6. The Morgan fingerprint density at radius 2 is 1.76 bits per heavy atom. The monoisotopic (exact) mass is 459 g/mol. The fraction of sp³-hybridized carbons (Fsp3) is 0.500. The summed E-state index contributed by atoms with van der Waals surface area (Å²) in [5, 5.41) is 5.06. The standard InChI is InChI=1S/C24H33N3O6/c1-8-27(22(30)17(4)26-23(31)33-24(5,6)7)20(18-12-10-16(3)11-13-18)21(29)25-15-14-19(28)32-9-2/h1,10-13,17,20H,9,14-15H2,2-7H3,(H,25,29)(H,26,31). The van der Waals surface area contributed by atoms with Crippen molar-refractivity contribution in [3.63, 3.8) is 0 Å². The lowest BCUT2D eigenvalue weighted by molar-refractivity contribution is -0.143. The molecule has 0 fully saturated rings. The van der Waals surface area contributed by atoms with Gasteiger partial charge in [-0.2, -0.15) is 0 Å². The smallest absolute Gasteiger partial charge is 0.408 e. The zero-order chi connectivity index (χ0) is 25.2. The van der Waals surface area contributed by atoms with Crippen LogP contribution >= 0.6 is 0 Å². The lowest BCUT2D eigenvalue weighted by Gasteiger charge is -2.29. The van der Waals surface area contributed by atoms with Gasteiger partial charge < -0.3 is 20.1 Å². The van der Waals surface area contributed by atoms with Crippen molar-refractivity contribution >= 4 is 23.9 Å². The zero-order valence-corrected chi connectivity index (χ0v) is 20.1. The van der Waals surface area contributed by atoms with E-state index in [2.05, 4.69) is 16.7 Å². The summed E-state index contributed by atoms with van der Waals surface area (Å²) in [5.74, 6) is -1.70. The number of nitrogens with zero attached hydrogens (tertiary/aromatic N) is 1. The van der Waals surface area contributed by atoms with Crippen LogP contribution in [-0.4, -0.2) is 53.6 Å². The average molecular weight is 460 g/mol. The van der Waals surface area contributed by atoms with Crippen molar-refractivity contribution in [3.8, 4) is 12.5 Å². The van der Waals surface area contributed by atoms with E-state index in [1.807, 2.05) is 6.92 Å². The number of hydrogen-bond donors (Lipinski definition) is 2. The van der Waals surface area contributed by atoms with Crippen molar-refractivity contribution in [1.29, 1.82) is 0 Å². The third kappa shape index (κ3) is 9.23. The highest BCUT2D eigenvalue weighted by molar-refractivity contribution is 5.93. The minimum absolute atomic E-state index is 0.0122. The van der Waals surface area contributed by atoms with E-state index in [-0.39, 0.29) is 19.6 Å². The van der Waals surface area contributed by atoms with Crippen LogP contribution in [0.4, 0.5) is 4.79 Å². The van der Waals surface area contributed by atoms with Gasteiger partial charge in [0.1, 0.15) is 17.7 Å². The lowest BCUT2D eigenvalue weighted by Crippen LogP contribution is -2.50. The fourth-order valence-corrected chi connectivity index (χ4v) is 2.80. The first kappa shape index (κ1) is 27.5. The maximum atomic E-state index is 13.1. The van der Waals surface area contributed by atoms with E-state index >= 15 is 0 Å². The molecular weight excluding hydrogens is 426 g/mol. The average Bonchev–Trinajstić information content (AvgIpc) is 2.71. The Morgan fingerprint density at radius 1 is 1.15 bits per heavy atom. The third-order valence-corrected chi connectivity index (χ3v) is 4.31. The lowest BCUT2D eigenvalue weighted by atomic mass is 10.0. The van der Waals surface area contributed by atoms with E-state index in [1.54, 1.807) is 52.0 Å². The maximum Gasteiger partial charge on any atom is 0.408 e. The van der Waals surface area contributed by atoms with Crippen molar-refractivity contribution in [1.82, 2.24) is 15.5 Å². The predicted molar refractivity (Wildman–Crippen MR) is 123 cm³/mol. The Kier molecular flexibility index (Phi) is 10.4. The molecule has 0 bridgehead atoms. The number of carbonyl (C=O) groups excluding carboxylic acids is 4. The number of esters is 1. The van der Waals surface area contributed by atoms with Crippen LogP contribution < -0.4 is 10.6 Å². The Labute approximate surface area is 195 Å². The summed E-state index contributed by atoms with van der Waals surface area (Å²) in [6.07, 6.45) is 4.81. The Morgan fingerprint density at radius 3 is 2.27 bits per heavy atom. The minimum atomic E-state index is -1.17. The van der Waals surface area contributed by atoms with Gasteiger partial charge in [-0.15, -0.1) is 0 Å². The summed E-state index contributed by atoms with van der Waals surface area (Å²) < 4.78 is 10.0. The van der Waals surface area contributed by atoms with Crippen LogP contribution in [0.3, 0.4) is 0 Å². The van der Waals surface area contributed by atoms with Crippen LogP contribution in [0.1, 0.15) is 58.2 Å². The molecule has 2 N–H and O–H groups in total. The number of aryl methyl sites for hydroxylation is 1. The quantitative estimate of drug-likeness (QED) is 0.333. The van der Waals surface area contributed by atoms with Gasteiger partial charge in [0, 0.05) is 12.6 Å². The van der Waals surface area contributed by atoms with Crippen molar-refractivity contribution in [2.45, 2.75) is 65.6 Å². The van der Waals surface area contributed by atoms with Crippen molar-refractivity contribution in [2.24, 2.45) is 0 Å². The number of carbonyl (C=O) groups is 4. The van der Waals surface area contributed by atoms with Gasteiger partial charge in [0.15, 0.2) is 0 Å². The van der Waals surface area contributed by atoms with Gasteiger partial charge in [-0.05, 0) is 47.1 Å². The molecule has 0 saturated heterocycles. The summed E-state index contributed by atoms with van der Waals surface area (Å²) >= 11 is 0. The molecule has 180 valence electrons. The predicted octanol–water partition coefficient (Wildman–Crippen LogP) is 2.44. The SMILES string of the molecule is C#CN(C(=O)C(C)NC(=O)OC(C)(C)C)C(C(=O)NCCC(=O)OCC)c1ccc(C)cc1. The number of rotatable bonds is 9. The largest absolute Gasteiger partial charge is 0.466 e. The number of benzene rings is 1. The molecule has 1 rings (SSSR count). The van der Waals surface area contributed by atoms with Gasteiger partial charge in [0.05, 0.1) is 13.0 Å². The summed E-state index contributed by atoms with van der Waals surface area (Å²) in [7, 11) is 0. The van der Waals surface area contributed by atoms with Crippen LogP contribution in [0.5, 0.6) is 0 Å². The molecule has 1 aromatic carbocycles. The second kappa shape index (κ2) is 12.5. The summed E-state index contributed by atoms with van der Waals surface area (Å²) in [5.41, 5.74) is 0.686. The van der Waals surface area contributed by atoms with Crippen molar-refractivity contribution in [3.05, 3.63) is 35.4 Å². The van der Waals surface area contributed by atoms with Crippen LogP contribution in [-0.2, 0) is 23.9 Å². The number of nitrogens with one attached hydrogen (secondary N) is 2. The van der Waals surface area contributed by atoms with E-state index < -0.39 is 41.6 Å². The van der Waals surface area contributed by atoms with Gasteiger partial charge in [-0.1, -0.05) is 36.3 Å². The summed E-state index contributed by atoms with van der Waals surface area (Å²) in [6.45, 7) is 10.4. The van der Waals surface area contributed by atoms with Crippen LogP contribution in [0.15, 0.2) is 24.3 Å². The number of amides is 3. The Bertz CT molecular complexity index is 883. The van der Waals surface area contributed by atoms with Gasteiger partial charge in [-0.25, -0.2) is 4.79 Å². The summed E-state index contributed by atoms with van der Waals surface area (Å²) in [6, 6.07) is 6.98. The number of hydrogen-bond acceptors (Lipinski definition) is 6. The first-order valence-corrected chi connectivity index (χ1v) is 10.7. The minimum Gasteiger partial charge on any atom is -0.466 e. The van der Waals surface area contributed by atoms with Gasteiger partial charge in [-0.3, -0.25) is 19.3 Å². The number of terminal acetylenes is 1. The second-order valence-corrected chi connectivity index (χ2v) is 8.36. The molecule has 0 aromatic heterocycles. The molecule has 1 aromatic rings. The second-order valence-electron chi connectivity index (χ2n) is 8.36. The maximum absolute atomic E-state index is 13.1. The van der Waals surface area contributed by atoms with Crippen LogP contribution in [0.25, 0.3) is 0 Å². The molecule has 9 nitrogen and oxygen atoms in total. The molecular formula is C24H33N3O6. The molecule has 0 aliphatic rings. The molecule has 0 aliphatic carbocycles. The van der Waals surface area contributed by atoms with Crippen molar-refractivity contribution < 1.29 is 28.7 Å². The van der Waals surface area contributed by atoms with E-state index in [0.29, 0.717) is 5.56 Å².